The van der Waals surface area contributed by atoms with Crippen molar-refractivity contribution in [2.75, 3.05) is 25.0 Å². The van der Waals surface area contributed by atoms with Crippen molar-refractivity contribution in [1.29, 1.82) is 0 Å². The highest BCUT2D eigenvalue weighted by molar-refractivity contribution is 7.15. The second kappa shape index (κ2) is 11.2. The molecule has 1 aliphatic heterocycles. The van der Waals surface area contributed by atoms with Crippen molar-refractivity contribution in [2.45, 2.75) is 32.6 Å². The van der Waals surface area contributed by atoms with Crippen LogP contribution in [0.4, 0.5) is 9.52 Å². The first-order chi connectivity index (χ1) is 16.5. The Labute approximate surface area is 202 Å². The van der Waals surface area contributed by atoms with E-state index in [1.165, 1.54) is 23.5 Å². The highest BCUT2D eigenvalue weighted by Crippen LogP contribution is 2.27. The molecule has 1 N–H and O–H groups in total. The molecule has 2 aromatic carbocycles. The fraction of sp³-hybridized carbons (Fsp3) is 0.346. The lowest BCUT2D eigenvalue weighted by Crippen LogP contribution is -2.41. The van der Waals surface area contributed by atoms with Crippen molar-refractivity contribution in [3.05, 3.63) is 76.5 Å². The van der Waals surface area contributed by atoms with Gasteiger partial charge in [-0.3, -0.25) is 9.59 Å². The van der Waals surface area contributed by atoms with E-state index in [4.69, 9.17) is 4.74 Å². The quantitative estimate of drug-likeness (QED) is 0.500. The van der Waals surface area contributed by atoms with Gasteiger partial charge in [-0.1, -0.05) is 30.3 Å². The minimum atomic E-state index is -0.258. The zero-order valence-corrected chi connectivity index (χ0v) is 19.9. The third-order valence-electron chi connectivity index (χ3n) is 5.95. The van der Waals surface area contributed by atoms with Crippen LogP contribution < -0.4 is 10.1 Å². The van der Waals surface area contributed by atoms with Crippen molar-refractivity contribution in [3.8, 4) is 5.75 Å². The molecule has 0 unspecified atom stereocenters. The molecule has 8 heteroatoms. The highest BCUT2D eigenvalue weighted by Gasteiger charge is 2.28. The van der Waals surface area contributed by atoms with Gasteiger partial charge in [0.1, 0.15) is 11.6 Å². The number of likely N-dealkylation sites (tertiary alicyclic amines) is 1. The van der Waals surface area contributed by atoms with E-state index in [9.17, 15) is 14.0 Å². The first-order valence-electron chi connectivity index (χ1n) is 11.4. The van der Waals surface area contributed by atoms with E-state index in [1.807, 2.05) is 42.2 Å². The number of carbonyl (C=O) groups is 2. The molecule has 1 aromatic heterocycles. The van der Waals surface area contributed by atoms with Gasteiger partial charge in [-0.05, 0) is 49.6 Å². The first kappa shape index (κ1) is 23.9. The summed E-state index contributed by atoms with van der Waals surface area (Å²) in [5.74, 6) is 0.349. The van der Waals surface area contributed by atoms with Crippen LogP contribution >= 0.6 is 11.3 Å². The Morgan fingerprint density at radius 2 is 1.82 bits per heavy atom. The minimum Gasteiger partial charge on any atom is -0.493 e. The lowest BCUT2D eigenvalue weighted by Gasteiger charge is -2.31. The monoisotopic (exact) mass is 481 g/mol. The number of thiazole rings is 1. The van der Waals surface area contributed by atoms with Crippen LogP contribution in [0.1, 0.15) is 35.4 Å². The molecule has 0 saturated carbocycles. The van der Waals surface area contributed by atoms with Crippen LogP contribution in [0.15, 0.2) is 54.6 Å². The van der Waals surface area contributed by atoms with E-state index < -0.39 is 0 Å². The molecule has 2 heterocycles. The molecule has 6 nitrogen and oxygen atoms in total. The molecular weight excluding hydrogens is 453 g/mol. The minimum absolute atomic E-state index is 0.0516. The number of nitrogens with one attached hydrogen (secondary N) is 1. The molecule has 3 aromatic rings. The number of benzene rings is 2. The van der Waals surface area contributed by atoms with Crippen molar-refractivity contribution in [1.82, 2.24) is 9.88 Å². The van der Waals surface area contributed by atoms with Crippen molar-refractivity contribution in [3.63, 3.8) is 0 Å². The summed E-state index contributed by atoms with van der Waals surface area (Å²) in [5.41, 5.74) is 1.86. The van der Waals surface area contributed by atoms with Gasteiger partial charge in [-0.2, -0.15) is 0 Å². The summed E-state index contributed by atoms with van der Waals surface area (Å²) in [6.07, 6.45) is 2.23. The molecule has 2 amide bonds. The molecule has 34 heavy (non-hydrogen) atoms. The first-order valence-corrected chi connectivity index (χ1v) is 12.3. The normalized spacial score (nSPS) is 14.1. The number of hydrogen-bond donors (Lipinski definition) is 1. The third-order valence-corrected chi connectivity index (χ3v) is 7.02. The van der Waals surface area contributed by atoms with Gasteiger partial charge in [-0.15, -0.1) is 11.3 Å². The maximum Gasteiger partial charge on any atom is 0.229 e. The molecule has 178 valence electrons. The van der Waals surface area contributed by atoms with E-state index in [1.54, 1.807) is 12.1 Å². The molecule has 0 bridgehead atoms. The number of amides is 2. The van der Waals surface area contributed by atoms with Crippen molar-refractivity contribution >= 4 is 28.3 Å². The number of anilines is 1. The number of hydrogen-bond acceptors (Lipinski definition) is 5. The van der Waals surface area contributed by atoms with Gasteiger partial charge in [0.05, 0.1) is 18.7 Å². The average Bonchev–Trinajstić information content (AvgIpc) is 3.19. The van der Waals surface area contributed by atoms with Gasteiger partial charge in [0.25, 0.3) is 0 Å². The predicted octanol–water partition coefficient (Wildman–Crippen LogP) is 4.83. The smallest absolute Gasteiger partial charge is 0.229 e. The number of carbonyl (C=O) groups excluding carboxylic acids is 2. The number of aryl methyl sites for hydroxylation is 1. The Morgan fingerprint density at radius 1 is 1.12 bits per heavy atom. The summed E-state index contributed by atoms with van der Waals surface area (Å²) >= 11 is 1.45. The number of halogens is 1. The molecule has 1 saturated heterocycles. The zero-order valence-electron chi connectivity index (χ0n) is 19.1. The highest BCUT2D eigenvalue weighted by atomic mass is 32.1. The van der Waals surface area contributed by atoms with Gasteiger partial charge in [0.15, 0.2) is 5.13 Å². The van der Waals surface area contributed by atoms with Gasteiger partial charge < -0.3 is 15.0 Å². The number of ether oxygens (including phenoxy) is 1. The zero-order chi connectivity index (χ0) is 23.9. The summed E-state index contributed by atoms with van der Waals surface area (Å²) in [7, 11) is 0. The number of rotatable bonds is 8. The lowest BCUT2D eigenvalue weighted by atomic mass is 9.96. The number of piperidine rings is 1. The fourth-order valence-corrected chi connectivity index (χ4v) is 4.96. The molecule has 0 aliphatic carbocycles. The van der Waals surface area contributed by atoms with Crippen LogP contribution in [0.3, 0.4) is 0 Å². The standard InChI is InChI=1S/C26H28FN3O3S/c1-18-23(17-19-7-9-21(27)10-8-19)34-26(28-18)29-25(32)20-11-14-30(15-12-20)24(31)13-16-33-22-5-3-2-4-6-22/h2-10,20H,11-17H2,1H3,(H,28,29,32). The molecule has 0 radical (unpaired) electrons. The van der Waals surface area contributed by atoms with E-state index >= 15 is 0 Å². The molecule has 0 spiro atoms. The van der Waals surface area contributed by atoms with Crippen LogP contribution in [-0.4, -0.2) is 41.4 Å². The summed E-state index contributed by atoms with van der Waals surface area (Å²) in [5, 5.41) is 3.53. The average molecular weight is 482 g/mol. The molecule has 4 rings (SSSR count). The number of para-hydroxylation sites is 1. The van der Waals surface area contributed by atoms with Crippen LogP contribution in [-0.2, 0) is 16.0 Å². The molecule has 1 fully saturated rings. The second-order valence-electron chi connectivity index (χ2n) is 8.39. The maximum absolute atomic E-state index is 13.1. The second-order valence-corrected chi connectivity index (χ2v) is 9.47. The van der Waals surface area contributed by atoms with E-state index in [0.29, 0.717) is 50.5 Å². The topological polar surface area (TPSA) is 71.5 Å². The van der Waals surface area contributed by atoms with Crippen LogP contribution in [0.25, 0.3) is 0 Å². The molecular formula is C26H28FN3O3S. The van der Waals surface area contributed by atoms with Gasteiger partial charge >= 0.3 is 0 Å². The Hall–Kier alpha value is -3.26. The summed E-state index contributed by atoms with van der Waals surface area (Å²) in [6.45, 7) is 3.38. The number of nitrogens with zero attached hydrogens (tertiary/aromatic N) is 2. The van der Waals surface area contributed by atoms with Crippen LogP contribution in [0.2, 0.25) is 0 Å². The Morgan fingerprint density at radius 3 is 2.53 bits per heavy atom. The molecule has 0 atom stereocenters. The van der Waals surface area contributed by atoms with Gasteiger partial charge in [0.2, 0.25) is 11.8 Å². The summed E-state index contributed by atoms with van der Waals surface area (Å²) in [4.78, 5) is 32.6. The van der Waals surface area contributed by atoms with Crippen LogP contribution in [0, 0.1) is 18.7 Å². The Bertz CT molecular complexity index is 1110. The van der Waals surface area contributed by atoms with Crippen molar-refractivity contribution in [2.24, 2.45) is 5.92 Å². The number of aromatic nitrogens is 1. The SMILES string of the molecule is Cc1nc(NC(=O)C2CCN(C(=O)CCOc3ccccc3)CC2)sc1Cc1ccc(F)cc1. The third kappa shape index (κ3) is 6.41. The molecule has 1 aliphatic rings. The van der Waals surface area contributed by atoms with E-state index in [0.717, 1.165) is 21.9 Å². The van der Waals surface area contributed by atoms with Crippen molar-refractivity contribution < 1.29 is 18.7 Å². The van der Waals surface area contributed by atoms with E-state index in [-0.39, 0.29) is 23.5 Å². The van der Waals surface area contributed by atoms with Gasteiger partial charge in [0, 0.05) is 30.3 Å². The fourth-order valence-electron chi connectivity index (χ4n) is 3.96. The predicted molar refractivity (Wildman–Crippen MR) is 131 cm³/mol. The summed E-state index contributed by atoms with van der Waals surface area (Å²) < 4.78 is 18.7. The van der Waals surface area contributed by atoms with Gasteiger partial charge in [-0.25, -0.2) is 9.37 Å². The Balaban J connectivity index is 1.22. The maximum atomic E-state index is 13.1. The van der Waals surface area contributed by atoms with E-state index in [2.05, 4.69) is 10.3 Å². The van der Waals surface area contributed by atoms with Crippen LogP contribution in [0.5, 0.6) is 5.75 Å². The largest absolute Gasteiger partial charge is 0.493 e. The Kier molecular flexibility index (Phi) is 7.90. The summed E-state index contributed by atoms with van der Waals surface area (Å²) in [6, 6.07) is 15.9. The lowest BCUT2D eigenvalue weighted by molar-refractivity contribution is -0.135.